The highest BCUT2D eigenvalue weighted by atomic mass is 16.2. The van der Waals surface area contributed by atoms with E-state index in [1.807, 2.05) is 11.9 Å². The van der Waals surface area contributed by atoms with Gasteiger partial charge in [-0.1, -0.05) is 0 Å². The Morgan fingerprint density at radius 2 is 1.62 bits per heavy atom. The Morgan fingerprint density at radius 1 is 1.00 bits per heavy atom. The number of piperidine rings is 2. The van der Waals surface area contributed by atoms with Gasteiger partial charge in [0.05, 0.1) is 6.04 Å². The van der Waals surface area contributed by atoms with E-state index in [-0.39, 0.29) is 23.3 Å². The van der Waals surface area contributed by atoms with Crippen molar-refractivity contribution in [2.45, 2.75) is 38.6 Å². The zero-order chi connectivity index (χ0) is 17.3. The van der Waals surface area contributed by atoms with E-state index in [1.54, 1.807) is 0 Å². The topological polar surface area (TPSA) is 47.1 Å². The molecule has 3 fully saturated rings. The molecule has 24 heavy (non-hydrogen) atoms. The van der Waals surface area contributed by atoms with Gasteiger partial charge in [0.15, 0.2) is 0 Å². The van der Waals surface area contributed by atoms with Crippen molar-refractivity contribution in [3.63, 3.8) is 0 Å². The third-order valence-corrected chi connectivity index (χ3v) is 6.45. The number of carbonyl (C=O) groups excluding carboxylic acids is 2. The summed E-state index contributed by atoms with van der Waals surface area (Å²) in [4.78, 5) is 33.2. The highest BCUT2D eigenvalue weighted by Crippen LogP contribution is 2.39. The van der Waals surface area contributed by atoms with Crippen LogP contribution in [0.3, 0.4) is 0 Å². The number of amides is 2. The van der Waals surface area contributed by atoms with E-state index in [1.165, 1.54) is 0 Å². The maximum absolute atomic E-state index is 12.9. The molecule has 0 saturated carbocycles. The van der Waals surface area contributed by atoms with Crippen molar-refractivity contribution in [1.82, 2.24) is 19.6 Å². The van der Waals surface area contributed by atoms with Crippen LogP contribution < -0.4 is 0 Å². The molecule has 3 aliphatic heterocycles. The van der Waals surface area contributed by atoms with E-state index < -0.39 is 0 Å². The molecule has 136 valence electrons. The first-order chi connectivity index (χ1) is 11.4. The zero-order valence-electron chi connectivity index (χ0n) is 15.5. The van der Waals surface area contributed by atoms with Crippen molar-refractivity contribution in [2.24, 2.45) is 5.41 Å². The van der Waals surface area contributed by atoms with Crippen LogP contribution in [0.4, 0.5) is 0 Å². The van der Waals surface area contributed by atoms with Gasteiger partial charge in [-0.25, -0.2) is 0 Å². The minimum atomic E-state index is -0.0108. The molecule has 1 atom stereocenters. The fraction of sp³-hybridized carbons (Fsp3) is 0.889. The van der Waals surface area contributed by atoms with Gasteiger partial charge in [-0.3, -0.25) is 14.5 Å². The lowest BCUT2D eigenvalue weighted by molar-refractivity contribution is -0.144. The predicted octanol–water partition coefficient (Wildman–Crippen LogP) is 0.483. The Morgan fingerprint density at radius 3 is 2.21 bits per heavy atom. The molecular weight excluding hydrogens is 304 g/mol. The van der Waals surface area contributed by atoms with Crippen molar-refractivity contribution in [3.05, 3.63) is 0 Å². The van der Waals surface area contributed by atoms with Gasteiger partial charge in [0.1, 0.15) is 0 Å². The van der Waals surface area contributed by atoms with E-state index >= 15 is 0 Å². The minimum Gasteiger partial charge on any atom is -0.345 e. The molecule has 6 heteroatoms. The minimum absolute atomic E-state index is 0.0108. The van der Waals surface area contributed by atoms with Crippen LogP contribution in [0.2, 0.25) is 0 Å². The largest absolute Gasteiger partial charge is 0.345 e. The van der Waals surface area contributed by atoms with Crippen LogP contribution >= 0.6 is 0 Å². The summed E-state index contributed by atoms with van der Waals surface area (Å²) < 4.78 is 0. The van der Waals surface area contributed by atoms with Gasteiger partial charge in [0.2, 0.25) is 11.8 Å². The number of rotatable bonds is 2. The smallest absolute Gasteiger partial charge is 0.239 e. The van der Waals surface area contributed by atoms with Crippen molar-refractivity contribution < 1.29 is 9.59 Å². The number of piperazine rings is 1. The lowest BCUT2D eigenvalue weighted by Crippen LogP contribution is -2.56. The summed E-state index contributed by atoms with van der Waals surface area (Å²) in [6.07, 6.45) is 3.73. The number of likely N-dealkylation sites (tertiary alicyclic amines) is 2. The van der Waals surface area contributed by atoms with E-state index in [2.05, 4.69) is 28.7 Å². The first kappa shape index (κ1) is 17.7. The summed E-state index contributed by atoms with van der Waals surface area (Å²) in [6, 6.07) is -0.0108. The summed E-state index contributed by atoms with van der Waals surface area (Å²) in [5.41, 5.74) is 0.247. The summed E-state index contributed by atoms with van der Waals surface area (Å²) >= 11 is 0. The molecule has 0 N–H and O–H groups in total. The lowest BCUT2D eigenvalue weighted by atomic mass is 9.72. The monoisotopic (exact) mass is 336 g/mol. The molecule has 0 aliphatic carbocycles. The average molecular weight is 336 g/mol. The Hall–Kier alpha value is -1.14. The van der Waals surface area contributed by atoms with Gasteiger partial charge in [-0.15, -0.1) is 0 Å². The van der Waals surface area contributed by atoms with Crippen molar-refractivity contribution in [3.8, 4) is 0 Å². The molecule has 2 amide bonds. The molecule has 1 spiro atoms. The lowest BCUT2D eigenvalue weighted by Gasteiger charge is -2.47. The van der Waals surface area contributed by atoms with Crippen LogP contribution in [-0.4, -0.2) is 97.4 Å². The van der Waals surface area contributed by atoms with E-state index in [0.717, 1.165) is 65.1 Å². The van der Waals surface area contributed by atoms with Gasteiger partial charge in [0.25, 0.3) is 0 Å². The Labute approximate surface area is 145 Å². The second kappa shape index (κ2) is 7.00. The number of likely N-dealkylation sites (N-methyl/N-ethyl adjacent to an activating group) is 1. The van der Waals surface area contributed by atoms with Gasteiger partial charge >= 0.3 is 0 Å². The van der Waals surface area contributed by atoms with E-state index in [4.69, 9.17) is 0 Å². The Bertz CT molecular complexity index is 479. The summed E-state index contributed by atoms with van der Waals surface area (Å²) in [5, 5.41) is 0. The van der Waals surface area contributed by atoms with E-state index in [9.17, 15) is 9.59 Å². The zero-order valence-corrected chi connectivity index (χ0v) is 15.5. The quantitative estimate of drug-likeness (QED) is 0.736. The molecule has 3 aliphatic rings. The van der Waals surface area contributed by atoms with Gasteiger partial charge in [0, 0.05) is 59.3 Å². The van der Waals surface area contributed by atoms with Crippen molar-refractivity contribution in [1.29, 1.82) is 0 Å². The van der Waals surface area contributed by atoms with Crippen LogP contribution in [0, 0.1) is 5.41 Å². The highest BCUT2D eigenvalue weighted by Gasteiger charge is 2.41. The van der Waals surface area contributed by atoms with Crippen LogP contribution in [0.15, 0.2) is 0 Å². The standard InChI is InChI=1S/C18H32N4O2/c1-15(21-12-10-19(2)11-13-21)17(24)22-8-6-18(7-9-22)5-4-16(23)20(3)14-18/h15H,4-14H2,1-3H3. The molecular formula is C18H32N4O2. The second-order valence-corrected chi connectivity index (χ2v) is 8.09. The van der Waals surface area contributed by atoms with Crippen LogP contribution in [-0.2, 0) is 9.59 Å². The Balaban J connectivity index is 1.52. The van der Waals surface area contributed by atoms with Gasteiger partial charge in [-0.05, 0) is 38.6 Å². The summed E-state index contributed by atoms with van der Waals surface area (Å²) in [7, 11) is 4.05. The van der Waals surface area contributed by atoms with Crippen molar-refractivity contribution in [2.75, 3.05) is 59.9 Å². The maximum Gasteiger partial charge on any atom is 0.239 e. The van der Waals surface area contributed by atoms with Crippen molar-refractivity contribution >= 4 is 11.8 Å². The van der Waals surface area contributed by atoms with Crippen LogP contribution in [0.1, 0.15) is 32.6 Å². The van der Waals surface area contributed by atoms with Gasteiger partial charge in [-0.2, -0.15) is 0 Å². The first-order valence-corrected chi connectivity index (χ1v) is 9.36. The summed E-state index contributed by atoms with van der Waals surface area (Å²) in [6.45, 7) is 8.66. The molecule has 1 unspecified atom stereocenters. The second-order valence-electron chi connectivity index (χ2n) is 8.09. The van der Waals surface area contributed by atoms with Crippen LogP contribution in [0.5, 0.6) is 0 Å². The molecule has 3 heterocycles. The van der Waals surface area contributed by atoms with Gasteiger partial charge < -0.3 is 14.7 Å². The molecule has 0 aromatic carbocycles. The average Bonchev–Trinajstić information content (AvgIpc) is 2.59. The number of hydrogen-bond acceptors (Lipinski definition) is 4. The fourth-order valence-corrected chi connectivity index (χ4v) is 4.47. The third-order valence-electron chi connectivity index (χ3n) is 6.45. The SMILES string of the molecule is CC(C(=O)N1CCC2(CCC(=O)N(C)C2)CC1)N1CCN(C)CC1. The molecule has 3 rings (SSSR count). The normalized spacial score (nSPS) is 27.5. The molecule has 0 bridgehead atoms. The van der Waals surface area contributed by atoms with Crippen LogP contribution in [0.25, 0.3) is 0 Å². The Kier molecular flexibility index (Phi) is 5.16. The molecule has 0 radical (unpaired) electrons. The predicted molar refractivity (Wildman–Crippen MR) is 93.7 cm³/mol. The van der Waals surface area contributed by atoms with E-state index in [0.29, 0.717) is 6.42 Å². The molecule has 0 aromatic heterocycles. The molecule has 0 aromatic rings. The molecule has 3 saturated heterocycles. The number of carbonyl (C=O) groups is 2. The molecule has 6 nitrogen and oxygen atoms in total. The first-order valence-electron chi connectivity index (χ1n) is 9.36. The number of hydrogen-bond donors (Lipinski definition) is 0. The fourth-order valence-electron chi connectivity index (χ4n) is 4.47. The highest BCUT2D eigenvalue weighted by molar-refractivity contribution is 5.81. The third kappa shape index (κ3) is 3.59. The maximum atomic E-state index is 12.9. The number of nitrogens with zero attached hydrogens (tertiary/aromatic N) is 4. The summed E-state index contributed by atoms with van der Waals surface area (Å²) in [5.74, 6) is 0.553.